The van der Waals surface area contributed by atoms with Crippen LogP contribution >= 0.6 is 34.8 Å². The minimum atomic E-state index is -1.71. The predicted molar refractivity (Wildman–Crippen MR) is 48.6 cm³/mol. The van der Waals surface area contributed by atoms with E-state index in [1.807, 2.05) is 0 Å². The molecule has 0 amide bonds. The third-order valence-electron chi connectivity index (χ3n) is 0.499. The van der Waals surface area contributed by atoms with Crippen LogP contribution in [0.25, 0.3) is 0 Å². The van der Waals surface area contributed by atoms with Gasteiger partial charge in [-0.1, -0.05) is 34.8 Å². The first-order valence-corrected chi connectivity index (χ1v) is 4.23. The molecule has 0 radical (unpaired) electrons. The van der Waals surface area contributed by atoms with E-state index in [1.54, 1.807) is 6.92 Å². The largest absolute Gasteiger partial charge is 0.466 e. The van der Waals surface area contributed by atoms with Crippen LogP contribution in [-0.2, 0) is 9.53 Å². The normalized spacial score (nSPS) is 9.83. The molecule has 0 spiro atoms. The first-order chi connectivity index (χ1) is 5.33. The van der Waals surface area contributed by atoms with Crippen LogP contribution in [0.4, 0.5) is 4.39 Å². The lowest BCUT2D eigenvalue weighted by atomic mass is 10.8. The van der Waals surface area contributed by atoms with Gasteiger partial charge in [0.2, 0.25) is 3.79 Å². The van der Waals surface area contributed by atoms with Crippen molar-refractivity contribution in [1.82, 2.24) is 0 Å². The number of hydrogen-bond acceptors (Lipinski definition) is 2. The second-order valence-corrected chi connectivity index (χ2v) is 4.19. The Morgan fingerprint density at radius 1 is 1.50 bits per heavy atom. The third kappa shape index (κ3) is 22.4. The average molecular weight is 240 g/mol. The van der Waals surface area contributed by atoms with Gasteiger partial charge in [-0.2, -0.15) is 0 Å². The van der Waals surface area contributed by atoms with Crippen molar-refractivity contribution in [2.45, 2.75) is 17.6 Å². The van der Waals surface area contributed by atoms with Gasteiger partial charge in [0.15, 0.2) is 0 Å². The summed E-state index contributed by atoms with van der Waals surface area (Å²) in [5.74, 6) is -0.211. The Morgan fingerprint density at radius 2 is 1.83 bits per heavy atom. The van der Waals surface area contributed by atoms with E-state index < -0.39 is 10.5 Å². The van der Waals surface area contributed by atoms with E-state index in [0.29, 0.717) is 6.61 Å². The van der Waals surface area contributed by atoms with Crippen molar-refractivity contribution < 1.29 is 13.9 Å². The summed E-state index contributed by atoms with van der Waals surface area (Å²) in [4.78, 5) is 9.82. The number of alkyl halides is 4. The zero-order valence-electron chi connectivity index (χ0n) is 6.74. The van der Waals surface area contributed by atoms with E-state index in [-0.39, 0.29) is 5.97 Å². The maximum absolute atomic E-state index is 11.1. The van der Waals surface area contributed by atoms with Gasteiger partial charge < -0.3 is 4.74 Å². The summed E-state index contributed by atoms with van der Waals surface area (Å²) in [6.07, 6.45) is 0. The van der Waals surface area contributed by atoms with Gasteiger partial charge in [0.05, 0.1) is 6.61 Å². The van der Waals surface area contributed by atoms with Crippen LogP contribution in [0.1, 0.15) is 13.8 Å². The fourth-order valence-corrected chi connectivity index (χ4v) is 0.203. The number of esters is 1. The minimum absolute atomic E-state index is 0.211. The zero-order valence-corrected chi connectivity index (χ0v) is 9.01. The summed E-state index contributed by atoms with van der Waals surface area (Å²) in [6, 6.07) is 0. The van der Waals surface area contributed by atoms with E-state index in [2.05, 4.69) is 4.74 Å². The van der Waals surface area contributed by atoms with E-state index in [1.165, 1.54) is 6.92 Å². The number of hydrogen-bond donors (Lipinski definition) is 0. The molecule has 12 heavy (non-hydrogen) atoms. The Hall–Kier alpha value is 0.270. The van der Waals surface area contributed by atoms with Crippen molar-refractivity contribution in [3.05, 3.63) is 0 Å². The Morgan fingerprint density at radius 3 is 1.83 bits per heavy atom. The lowest BCUT2D eigenvalue weighted by Crippen LogP contribution is -2.02. The lowest BCUT2D eigenvalue weighted by Gasteiger charge is -1.99. The monoisotopic (exact) mass is 238 g/mol. The number of rotatable bonds is 1. The molecule has 0 unspecified atom stereocenters. The molecule has 6 heteroatoms. The molecule has 0 aromatic rings. The summed E-state index contributed by atoms with van der Waals surface area (Å²) >= 11 is 14.6. The van der Waals surface area contributed by atoms with Gasteiger partial charge in [-0.25, -0.2) is 4.39 Å². The molecule has 0 aromatic carbocycles. The second kappa shape index (κ2) is 7.90. The SMILES string of the molecule is CCOC(C)=O.FCC(Cl)(Cl)Cl. The molecule has 0 saturated carbocycles. The molecule has 0 rings (SSSR count). The van der Waals surface area contributed by atoms with E-state index in [0.717, 1.165) is 0 Å². The summed E-state index contributed by atoms with van der Waals surface area (Å²) in [5, 5.41) is 0. The van der Waals surface area contributed by atoms with Crippen LogP contribution in [0.5, 0.6) is 0 Å². The highest BCUT2D eigenvalue weighted by Crippen LogP contribution is 2.25. The molecule has 0 bridgehead atoms. The fourth-order valence-electron chi connectivity index (χ4n) is 0.203. The van der Waals surface area contributed by atoms with Crippen LogP contribution < -0.4 is 0 Å². The van der Waals surface area contributed by atoms with Crippen LogP contribution in [0.15, 0.2) is 0 Å². The highest BCUT2D eigenvalue weighted by Gasteiger charge is 2.17. The lowest BCUT2D eigenvalue weighted by molar-refractivity contribution is -0.140. The summed E-state index contributed by atoms with van der Waals surface area (Å²) in [5.41, 5.74) is 0. The maximum Gasteiger partial charge on any atom is 0.302 e. The Bertz CT molecular complexity index is 124. The Labute approximate surface area is 85.9 Å². The van der Waals surface area contributed by atoms with Crippen molar-refractivity contribution in [1.29, 1.82) is 0 Å². The number of halogens is 4. The second-order valence-electron chi connectivity index (χ2n) is 1.67. The standard InChI is InChI=1S/C4H8O2.C2H2Cl3F/c1-3-6-4(2)5;3-2(4,5)1-6/h3H2,1-2H3;1H2. The molecule has 74 valence electrons. The van der Waals surface area contributed by atoms with Gasteiger partial charge in [-0.05, 0) is 6.92 Å². The quantitative estimate of drug-likeness (QED) is 0.519. The topological polar surface area (TPSA) is 26.3 Å². The molecule has 0 fully saturated rings. The van der Waals surface area contributed by atoms with Gasteiger partial charge in [0.1, 0.15) is 6.67 Å². The van der Waals surface area contributed by atoms with Crippen molar-refractivity contribution in [2.75, 3.05) is 13.3 Å². The molecule has 2 nitrogen and oxygen atoms in total. The number of carbonyl (C=O) groups excluding carboxylic acids is 1. The number of ether oxygens (including phenoxy) is 1. The zero-order chi connectivity index (χ0) is 10.2. The summed E-state index contributed by atoms with van der Waals surface area (Å²) in [7, 11) is 0. The maximum atomic E-state index is 11.1. The van der Waals surface area contributed by atoms with E-state index in [9.17, 15) is 9.18 Å². The Balaban J connectivity index is 0. The van der Waals surface area contributed by atoms with Crippen LogP contribution in [0.2, 0.25) is 0 Å². The third-order valence-corrected chi connectivity index (χ3v) is 0.802. The molecular formula is C6H10Cl3FO2. The molecule has 0 aliphatic carbocycles. The van der Waals surface area contributed by atoms with Crippen LogP contribution in [-0.4, -0.2) is 23.0 Å². The smallest absolute Gasteiger partial charge is 0.302 e. The first kappa shape index (κ1) is 14.8. The fraction of sp³-hybridized carbons (Fsp3) is 0.833. The predicted octanol–water partition coefficient (Wildman–Crippen LogP) is 2.90. The molecule has 0 atom stereocenters. The van der Waals surface area contributed by atoms with Gasteiger partial charge in [-0.3, -0.25) is 4.79 Å². The average Bonchev–Trinajstić information content (AvgIpc) is 1.87. The van der Waals surface area contributed by atoms with Crippen LogP contribution in [0.3, 0.4) is 0 Å². The van der Waals surface area contributed by atoms with E-state index in [4.69, 9.17) is 34.8 Å². The molecule has 0 N–H and O–H groups in total. The Kier molecular flexibility index (Phi) is 9.72. The van der Waals surface area contributed by atoms with Gasteiger partial charge in [0.25, 0.3) is 0 Å². The highest BCUT2D eigenvalue weighted by atomic mass is 35.6. The molecular weight excluding hydrogens is 229 g/mol. The summed E-state index contributed by atoms with van der Waals surface area (Å²) in [6.45, 7) is 2.72. The molecule has 0 saturated heterocycles. The summed E-state index contributed by atoms with van der Waals surface area (Å²) < 4.78 is 13.8. The molecule has 0 aromatic heterocycles. The van der Waals surface area contributed by atoms with Crippen LogP contribution in [0, 0.1) is 0 Å². The van der Waals surface area contributed by atoms with Crippen molar-refractivity contribution in [3.8, 4) is 0 Å². The minimum Gasteiger partial charge on any atom is -0.466 e. The van der Waals surface area contributed by atoms with Crippen molar-refractivity contribution in [2.24, 2.45) is 0 Å². The van der Waals surface area contributed by atoms with Crippen molar-refractivity contribution >= 4 is 40.8 Å². The van der Waals surface area contributed by atoms with Gasteiger partial charge >= 0.3 is 5.97 Å². The van der Waals surface area contributed by atoms with Gasteiger partial charge in [0, 0.05) is 6.92 Å². The van der Waals surface area contributed by atoms with E-state index >= 15 is 0 Å². The van der Waals surface area contributed by atoms with Gasteiger partial charge in [-0.15, -0.1) is 0 Å². The highest BCUT2D eigenvalue weighted by molar-refractivity contribution is 6.67. The molecule has 0 aliphatic heterocycles. The molecule has 0 aliphatic rings. The number of carbonyl (C=O) groups is 1. The van der Waals surface area contributed by atoms with Crippen molar-refractivity contribution in [3.63, 3.8) is 0 Å². The first-order valence-electron chi connectivity index (χ1n) is 3.09. The molecule has 0 heterocycles.